The Morgan fingerprint density at radius 1 is 1.43 bits per heavy atom. The van der Waals surface area contributed by atoms with Gasteiger partial charge in [-0.25, -0.2) is 0 Å². The van der Waals surface area contributed by atoms with Crippen LogP contribution in [0.15, 0.2) is 27.6 Å². The van der Waals surface area contributed by atoms with Gasteiger partial charge in [-0.15, -0.1) is 11.8 Å². The molecule has 0 fully saturated rings. The van der Waals surface area contributed by atoms with Gasteiger partial charge in [0.25, 0.3) is 0 Å². The number of anilines is 1. The Morgan fingerprint density at radius 3 is 2.90 bits per heavy atom. The second kappa shape index (κ2) is 5.37. The van der Waals surface area contributed by atoms with E-state index in [1.54, 1.807) is 17.0 Å². The summed E-state index contributed by atoms with van der Waals surface area (Å²) in [7, 11) is 0. The molecule has 2 heterocycles. The van der Waals surface area contributed by atoms with Crippen LogP contribution in [0.3, 0.4) is 0 Å². The van der Waals surface area contributed by atoms with Gasteiger partial charge in [0.15, 0.2) is 0 Å². The molecule has 2 aromatic rings. The van der Waals surface area contributed by atoms with Crippen molar-refractivity contribution < 1.29 is 14.1 Å². The summed E-state index contributed by atoms with van der Waals surface area (Å²) in [6, 6.07) is 5.41. The lowest BCUT2D eigenvalue weighted by atomic mass is 10.1. The van der Waals surface area contributed by atoms with Crippen LogP contribution in [0.1, 0.15) is 27.4 Å². The summed E-state index contributed by atoms with van der Waals surface area (Å²) in [6.45, 7) is 4.11. The third-order valence-corrected chi connectivity index (χ3v) is 4.61. The summed E-state index contributed by atoms with van der Waals surface area (Å²) < 4.78 is 5.16. The monoisotopic (exact) mass is 302 g/mol. The summed E-state index contributed by atoms with van der Waals surface area (Å²) in [6.07, 6.45) is 0.790. The lowest BCUT2D eigenvalue weighted by Crippen LogP contribution is -2.35. The highest BCUT2D eigenvalue weighted by Crippen LogP contribution is 2.37. The molecule has 1 aromatic carbocycles. The van der Waals surface area contributed by atoms with E-state index in [4.69, 9.17) is 4.52 Å². The van der Waals surface area contributed by atoms with Gasteiger partial charge in [0.05, 0.1) is 23.7 Å². The third-order valence-electron chi connectivity index (χ3n) is 3.56. The van der Waals surface area contributed by atoms with Crippen LogP contribution >= 0.6 is 11.8 Å². The Bertz CT molecular complexity index is 704. The first-order valence-electron chi connectivity index (χ1n) is 6.54. The molecule has 1 aromatic heterocycles. The highest BCUT2D eigenvalue weighted by Gasteiger charge is 2.27. The molecule has 0 saturated heterocycles. The van der Waals surface area contributed by atoms with Gasteiger partial charge < -0.3 is 9.42 Å². The first-order chi connectivity index (χ1) is 10.1. The lowest BCUT2D eigenvalue weighted by molar-refractivity contribution is -0.116. The minimum absolute atomic E-state index is 0.0237. The number of hydrogen-bond donors (Lipinski definition) is 0. The number of rotatable bonds is 3. The lowest BCUT2D eigenvalue weighted by Gasteiger charge is -2.29. The molecule has 3 rings (SSSR count). The van der Waals surface area contributed by atoms with E-state index in [1.165, 1.54) is 11.8 Å². The van der Waals surface area contributed by atoms with Crippen LogP contribution in [0.25, 0.3) is 0 Å². The van der Waals surface area contributed by atoms with Crippen molar-refractivity contribution in [1.82, 2.24) is 5.16 Å². The van der Waals surface area contributed by atoms with Crippen LogP contribution in [0, 0.1) is 13.8 Å². The minimum atomic E-state index is 0.0237. The molecule has 108 valence electrons. The number of fused-ring (bicyclic) bond motifs is 1. The van der Waals surface area contributed by atoms with Gasteiger partial charge in [-0.3, -0.25) is 9.59 Å². The molecule has 0 bridgehead atoms. The van der Waals surface area contributed by atoms with Crippen molar-refractivity contribution in [1.29, 1.82) is 0 Å². The van der Waals surface area contributed by atoms with Crippen molar-refractivity contribution in [2.75, 3.05) is 10.7 Å². The predicted octanol–water partition coefficient (Wildman–Crippen LogP) is 2.74. The number of amides is 1. The fourth-order valence-electron chi connectivity index (χ4n) is 2.35. The zero-order chi connectivity index (χ0) is 15.0. The Labute approximate surface area is 126 Å². The second-order valence-electron chi connectivity index (χ2n) is 4.92. The van der Waals surface area contributed by atoms with Crippen molar-refractivity contribution in [2.45, 2.75) is 25.3 Å². The Balaban J connectivity index is 2.02. The standard InChI is InChI=1S/C15H14N2O3S/c1-9-12(10(2)20-16-9)6-17-13-5-11(7-18)3-4-14(13)21-8-15(17)19/h3-5,7H,6,8H2,1-2H3. The number of nitrogens with zero attached hydrogens (tertiary/aromatic N) is 2. The molecule has 0 atom stereocenters. The molecule has 21 heavy (non-hydrogen) atoms. The molecule has 5 nitrogen and oxygen atoms in total. The van der Waals surface area contributed by atoms with Crippen molar-refractivity contribution in [2.24, 2.45) is 0 Å². The average molecular weight is 302 g/mol. The minimum Gasteiger partial charge on any atom is -0.361 e. The highest BCUT2D eigenvalue weighted by molar-refractivity contribution is 8.00. The van der Waals surface area contributed by atoms with E-state index in [0.717, 1.165) is 28.1 Å². The first-order valence-corrected chi connectivity index (χ1v) is 7.53. The van der Waals surface area contributed by atoms with Crippen LogP contribution in [0.2, 0.25) is 0 Å². The van der Waals surface area contributed by atoms with Crippen LogP contribution in [-0.2, 0) is 11.3 Å². The van der Waals surface area contributed by atoms with E-state index < -0.39 is 0 Å². The zero-order valence-electron chi connectivity index (χ0n) is 11.8. The molecule has 1 amide bonds. The van der Waals surface area contributed by atoms with E-state index in [0.29, 0.717) is 23.6 Å². The number of aromatic nitrogens is 1. The van der Waals surface area contributed by atoms with Crippen LogP contribution in [-0.4, -0.2) is 23.1 Å². The summed E-state index contributed by atoms with van der Waals surface area (Å²) in [5.74, 6) is 1.14. The van der Waals surface area contributed by atoms with Gasteiger partial charge in [-0.2, -0.15) is 0 Å². The quantitative estimate of drug-likeness (QED) is 0.816. The maximum absolute atomic E-state index is 12.3. The van der Waals surface area contributed by atoms with Gasteiger partial charge >= 0.3 is 0 Å². The number of benzene rings is 1. The molecule has 0 saturated carbocycles. The van der Waals surface area contributed by atoms with Crippen molar-refractivity contribution in [3.05, 3.63) is 40.8 Å². The number of carbonyl (C=O) groups is 2. The molecule has 6 heteroatoms. The van der Waals surface area contributed by atoms with Gasteiger partial charge in [0.1, 0.15) is 12.0 Å². The third kappa shape index (κ3) is 2.47. The maximum Gasteiger partial charge on any atom is 0.237 e. The summed E-state index contributed by atoms with van der Waals surface area (Å²) in [5, 5.41) is 3.92. The predicted molar refractivity (Wildman–Crippen MR) is 79.7 cm³/mol. The molecule has 0 radical (unpaired) electrons. The largest absolute Gasteiger partial charge is 0.361 e. The number of aldehydes is 1. The van der Waals surface area contributed by atoms with E-state index >= 15 is 0 Å². The Hall–Kier alpha value is -2.08. The van der Waals surface area contributed by atoms with Crippen LogP contribution < -0.4 is 4.90 Å². The van der Waals surface area contributed by atoms with E-state index in [9.17, 15) is 9.59 Å². The fraction of sp³-hybridized carbons (Fsp3) is 0.267. The first kappa shape index (κ1) is 13.9. The number of aryl methyl sites for hydroxylation is 2. The molecule has 1 aliphatic rings. The number of carbonyl (C=O) groups excluding carboxylic acids is 2. The van der Waals surface area contributed by atoms with Crippen molar-refractivity contribution in [3.8, 4) is 0 Å². The number of hydrogen-bond acceptors (Lipinski definition) is 5. The molecule has 1 aliphatic heterocycles. The van der Waals surface area contributed by atoms with Gasteiger partial charge in [0, 0.05) is 16.0 Å². The Kier molecular flexibility index (Phi) is 3.55. The average Bonchev–Trinajstić information content (AvgIpc) is 2.81. The maximum atomic E-state index is 12.3. The van der Waals surface area contributed by atoms with Gasteiger partial charge in [0.2, 0.25) is 5.91 Å². The van der Waals surface area contributed by atoms with Crippen molar-refractivity contribution >= 4 is 29.6 Å². The molecule has 0 spiro atoms. The molecule has 0 unspecified atom stereocenters. The van der Waals surface area contributed by atoms with E-state index in [2.05, 4.69) is 5.16 Å². The Morgan fingerprint density at radius 2 is 2.24 bits per heavy atom. The van der Waals surface area contributed by atoms with E-state index in [-0.39, 0.29) is 5.91 Å². The molecule has 0 aliphatic carbocycles. The number of thioether (sulfide) groups is 1. The highest BCUT2D eigenvalue weighted by atomic mass is 32.2. The van der Waals surface area contributed by atoms with Crippen LogP contribution in [0.4, 0.5) is 5.69 Å². The fourth-order valence-corrected chi connectivity index (χ4v) is 3.27. The second-order valence-corrected chi connectivity index (χ2v) is 5.93. The summed E-state index contributed by atoms with van der Waals surface area (Å²) in [4.78, 5) is 25.9. The van der Waals surface area contributed by atoms with Crippen LogP contribution in [0.5, 0.6) is 0 Å². The SMILES string of the molecule is Cc1noc(C)c1CN1C(=O)CSc2ccc(C=O)cc21. The summed E-state index contributed by atoms with van der Waals surface area (Å²) in [5.41, 5.74) is 3.04. The normalized spacial score (nSPS) is 14.2. The molecular formula is C15H14N2O3S. The van der Waals surface area contributed by atoms with Gasteiger partial charge in [-0.05, 0) is 26.0 Å². The smallest absolute Gasteiger partial charge is 0.237 e. The van der Waals surface area contributed by atoms with Gasteiger partial charge in [-0.1, -0.05) is 11.2 Å². The molecular weight excluding hydrogens is 288 g/mol. The van der Waals surface area contributed by atoms with E-state index in [1.807, 2.05) is 19.9 Å². The topological polar surface area (TPSA) is 63.4 Å². The van der Waals surface area contributed by atoms with Crippen molar-refractivity contribution in [3.63, 3.8) is 0 Å². The zero-order valence-corrected chi connectivity index (χ0v) is 12.6. The molecule has 0 N–H and O–H groups in total. The summed E-state index contributed by atoms with van der Waals surface area (Å²) >= 11 is 1.49.